The molecule has 0 aromatic carbocycles. The van der Waals surface area contributed by atoms with Crippen LogP contribution in [0, 0.1) is 0 Å². The number of carbonyl (C=O) groups is 1. The van der Waals surface area contributed by atoms with Crippen molar-refractivity contribution in [3.63, 3.8) is 0 Å². The molecule has 0 aliphatic carbocycles. The molecule has 1 saturated heterocycles. The zero-order chi connectivity index (χ0) is 20.6. The molecule has 0 atom stereocenters. The van der Waals surface area contributed by atoms with E-state index in [-0.39, 0.29) is 12.5 Å². The average molecular weight is 418 g/mol. The fraction of sp³-hybridized carbons (Fsp3) is 0.389. The van der Waals surface area contributed by atoms with E-state index in [1.165, 1.54) is 32.1 Å². The van der Waals surface area contributed by atoms with Crippen LogP contribution in [0.4, 0.5) is 5.95 Å². The van der Waals surface area contributed by atoms with Gasteiger partial charge in [0.2, 0.25) is 23.6 Å². The summed E-state index contributed by atoms with van der Waals surface area (Å²) in [6.45, 7) is 6.32. The molecule has 0 saturated carbocycles. The van der Waals surface area contributed by atoms with E-state index >= 15 is 0 Å². The van der Waals surface area contributed by atoms with E-state index in [4.69, 9.17) is 14.2 Å². The number of nitrogens with zero attached hydrogens (tertiary/aromatic N) is 5. The van der Waals surface area contributed by atoms with Gasteiger partial charge in [-0.1, -0.05) is 6.58 Å². The second kappa shape index (κ2) is 10.0. The van der Waals surface area contributed by atoms with Crippen LogP contribution in [0.2, 0.25) is 0 Å². The third-order valence-electron chi connectivity index (χ3n) is 3.99. The molecule has 1 aliphatic heterocycles. The summed E-state index contributed by atoms with van der Waals surface area (Å²) in [6, 6.07) is 1.72. The number of ether oxygens (including phenoxy) is 3. The summed E-state index contributed by atoms with van der Waals surface area (Å²) in [6.07, 6.45) is 2.83. The number of carbonyl (C=O) groups excluding carboxylic acids is 1. The minimum Gasteiger partial charge on any atom is -0.480 e. The quantitative estimate of drug-likeness (QED) is 0.493. The Morgan fingerprint density at radius 1 is 1.28 bits per heavy atom. The van der Waals surface area contributed by atoms with Crippen molar-refractivity contribution in [2.75, 3.05) is 45.4 Å². The molecule has 0 bridgehead atoms. The molecule has 0 radical (unpaired) electrons. The molecule has 1 N–H and O–H groups in total. The SMILES string of the molecule is C=CC(=O)NCc1ccnc(Sc2c(OC)nc(N3CCOCC3)nc2OC)n1. The summed E-state index contributed by atoms with van der Waals surface area (Å²) in [5.41, 5.74) is 0.654. The van der Waals surface area contributed by atoms with Gasteiger partial charge in [-0.3, -0.25) is 4.79 Å². The maximum absolute atomic E-state index is 11.4. The molecule has 2 aromatic rings. The Balaban J connectivity index is 1.84. The molecule has 11 heteroatoms. The lowest BCUT2D eigenvalue weighted by Gasteiger charge is -2.27. The van der Waals surface area contributed by atoms with Crippen LogP contribution in [0.25, 0.3) is 0 Å². The van der Waals surface area contributed by atoms with Crippen molar-refractivity contribution in [1.82, 2.24) is 25.3 Å². The molecule has 2 aromatic heterocycles. The fourth-order valence-corrected chi connectivity index (χ4v) is 3.42. The zero-order valence-electron chi connectivity index (χ0n) is 16.3. The van der Waals surface area contributed by atoms with E-state index in [0.717, 1.165) is 0 Å². The normalized spacial score (nSPS) is 13.7. The van der Waals surface area contributed by atoms with Gasteiger partial charge in [0.25, 0.3) is 0 Å². The number of amides is 1. The van der Waals surface area contributed by atoms with E-state index in [1.54, 1.807) is 12.3 Å². The molecule has 29 heavy (non-hydrogen) atoms. The Labute approximate surface area is 172 Å². The van der Waals surface area contributed by atoms with Gasteiger partial charge in [-0.15, -0.1) is 0 Å². The van der Waals surface area contributed by atoms with Crippen molar-refractivity contribution in [2.24, 2.45) is 0 Å². The highest BCUT2D eigenvalue weighted by atomic mass is 32.2. The van der Waals surface area contributed by atoms with E-state index in [9.17, 15) is 4.79 Å². The van der Waals surface area contributed by atoms with E-state index in [0.29, 0.717) is 59.8 Å². The number of morpholine rings is 1. The molecule has 3 heterocycles. The first-order chi connectivity index (χ1) is 14.1. The summed E-state index contributed by atoms with van der Waals surface area (Å²) in [5.74, 6) is 0.996. The van der Waals surface area contributed by atoms with Gasteiger partial charge in [0, 0.05) is 19.3 Å². The van der Waals surface area contributed by atoms with Crippen LogP contribution >= 0.6 is 11.8 Å². The minimum absolute atomic E-state index is 0.266. The third-order valence-corrected chi connectivity index (χ3v) is 4.92. The first-order valence-corrected chi connectivity index (χ1v) is 9.69. The predicted octanol–water partition coefficient (Wildman–Crippen LogP) is 1.07. The molecule has 0 unspecified atom stereocenters. The summed E-state index contributed by atoms with van der Waals surface area (Å²) in [7, 11) is 3.08. The van der Waals surface area contributed by atoms with E-state index in [2.05, 4.69) is 31.8 Å². The van der Waals surface area contributed by atoms with Gasteiger partial charge in [-0.25, -0.2) is 9.97 Å². The molecule has 1 fully saturated rings. The minimum atomic E-state index is -0.270. The average Bonchev–Trinajstić information content (AvgIpc) is 2.78. The molecular formula is C18H22N6O4S. The lowest BCUT2D eigenvalue weighted by atomic mass is 10.4. The monoisotopic (exact) mass is 418 g/mol. The second-order valence-electron chi connectivity index (χ2n) is 5.83. The zero-order valence-corrected chi connectivity index (χ0v) is 17.1. The van der Waals surface area contributed by atoms with Gasteiger partial charge in [-0.05, 0) is 23.9 Å². The number of rotatable bonds is 8. The van der Waals surface area contributed by atoms with Gasteiger partial charge < -0.3 is 24.4 Å². The lowest BCUT2D eigenvalue weighted by molar-refractivity contribution is -0.116. The van der Waals surface area contributed by atoms with Gasteiger partial charge in [0.05, 0.1) is 39.7 Å². The summed E-state index contributed by atoms with van der Waals surface area (Å²) in [4.78, 5) is 31.7. The number of anilines is 1. The first kappa shape index (κ1) is 20.8. The standard InChI is InChI=1S/C18H22N6O4S/c1-4-13(25)20-11-12-5-6-19-18(21-12)29-14-15(26-2)22-17(23-16(14)27-3)24-7-9-28-10-8-24/h4-6H,1,7-11H2,2-3H3,(H,20,25). The Morgan fingerprint density at radius 3 is 2.59 bits per heavy atom. The second-order valence-corrected chi connectivity index (χ2v) is 6.80. The van der Waals surface area contributed by atoms with Crippen molar-refractivity contribution in [3.05, 3.63) is 30.6 Å². The molecule has 3 rings (SSSR count). The first-order valence-electron chi connectivity index (χ1n) is 8.87. The Morgan fingerprint density at radius 2 is 1.97 bits per heavy atom. The van der Waals surface area contributed by atoms with Crippen LogP contribution in [-0.4, -0.2) is 66.4 Å². The smallest absolute Gasteiger partial charge is 0.243 e. The van der Waals surface area contributed by atoms with Crippen LogP contribution in [0.1, 0.15) is 5.69 Å². The topological polar surface area (TPSA) is 112 Å². The van der Waals surface area contributed by atoms with Crippen molar-refractivity contribution in [2.45, 2.75) is 16.6 Å². The number of nitrogens with one attached hydrogen (secondary N) is 1. The summed E-state index contributed by atoms with van der Waals surface area (Å²) in [5, 5.41) is 3.14. The van der Waals surface area contributed by atoms with Gasteiger partial charge in [0.15, 0.2) is 5.16 Å². The van der Waals surface area contributed by atoms with Crippen LogP contribution in [0.5, 0.6) is 11.8 Å². The van der Waals surface area contributed by atoms with Crippen LogP contribution < -0.4 is 19.7 Å². The van der Waals surface area contributed by atoms with Crippen LogP contribution in [0.3, 0.4) is 0 Å². The third kappa shape index (κ3) is 5.33. The number of methoxy groups -OCH3 is 2. The maximum atomic E-state index is 11.4. The number of hydrogen-bond acceptors (Lipinski definition) is 10. The number of aromatic nitrogens is 4. The molecule has 1 amide bonds. The highest BCUT2D eigenvalue weighted by Crippen LogP contribution is 2.39. The molecule has 0 spiro atoms. The maximum Gasteiger partial charge on any atom is 0.243 e. The highest BCUT2D eigenvalue weighted by molar-refractivity contribution is 7.99. The largest absolute Gasteiger partial charge is 0.480 e. The molecule has 1 aliphatic rings. The fourth-order valence-electron chi connectivity index (χ4n) is 2.53. The lowest BCUT2D eigenvalue weighted by Crippen LogP contribution is -2.37. The van der Waals surface area contributed by atoms with Crippen molar-refractivity contribution in [1.29, 1.82) is 0 Å². The Bertz CT molecular complexity index is 850. The number of hydrogen-bond donors (Lipinski definition) is 1. The molecule has 10 nitrogen and oxygen atoms in total. The van der Waals surface area contributed by atoms with Crippen LogP contribution in [0.15, 0.2) is 35.0 Å². The molecular weight excluding hydrogens is 396 g/mol. The summed E-state index contributed by atoms with van der Waals surface area (Å²) < 4.78 is 16.3. The van der Waals surface area contributed by atoms with Gasteiger partial charge >= 0.3 is 0 Å². The highest BCUT2D eigenvalue weighted by Gasteiger charge is 2.22. The van der Waals surface area contributed by atoms with Crippen molar-refractivity contribution in [3.8, 4) is 11.8 Å². The molecule has 154 valence electrons. The van der Waals surface area contributed by atoms with Gasteiger partial charge in [0.1, 0.15) is 4.90 Å². The van der Waals surface area contributed by atoms with Crippen molar-refractivity contribution < 1.29 is 19.0 Å². The predicted molar refractivity (Wildman–Crippen MR) is 106 cm³/mol. The van der Waals surface area contributed by atoms with Gasteiger partial charge in [-0.2, -0.15) is 9.97 Å². The Hall–Kier alpha value is -2.92. The Kier molecular flexibility index (Phi) is 7.19. The van der Waals surface area contributed by atoms with E-state index in [1.807, 2.05) is 4.90 Å². The summed E-state index contributed by atoms with van der Waals surface area (Å²) >= 11 is 1.23. The van der Waals surface area contributed by atoms with E-state index < -0.39 is 0 Å². The van der Waals surface area contributed by atoms with Crippen LogP contribution in [-0.2, 0) is 16.1 Å². The van der Waals surface area contributed by atoms with Crippen molar-refractivity contribution >= 4 is 23.6 Å².